The second-order valence-corrected chi connectivity index (χ2v) is 3.48. The van der Waals surface area contributed by atoms with E-state index < -0.39 is 24.5 Å². The van der Waals surface area contributed by atoms with Gasteiger partial charge < -0.3 is 15.2 Å². The first-order valence-electron chi connectivity index (χ1n) is 4.99. The molecule has 6 heteroatoms. The van der Waals surface area contributed by atoms with Gasteiger partial charge in [-0.1, -0.05) is 0 Å². The quantitative estimate of drug-likeness (QED) is 0.700. The number of hydrogen-bond donors (Lipinski definition) is 2. The summed E-state index contributed by atoms with van der Waals surface area (Å²) in [6.45, 7) is 1.28. The molecule has 1 rings (SSSR count). The maximum absolute atomic E-state index is 11.7. The Kier molecular flexibility index (Phi) is 4.59. The van der Waals surface area contributed by atoms with E-state index in [2.05, 4.69) is 15.0 Å². The van der Waals surface area contributed by atoms with E-state index in [0.29, 0.717) is 5.56 Å². The van der Waals surface area contributed by atoms with E-state index >= 15 is 0 Å². The van der Waals surface area contributed by atoms with Crippen LogP contribution >= 0.6 is 0 Å². The molecule has 1 atom stereocenters. The van der Waals surface area contributed by atoms with Crippen LogP contribution in [0.25, 0.3) is 0 Å². The van der Waals surface area contributed by atoms with Crippen molar-refractivity contribution >= 4 is 11.9 Å². The number of aryl methyl sites for hydroxylation is 1. The van der Waals surface area contributed by atoms with Gasteiger partial charge in [0.05, 0.1) is 19.3 Å². The highest BCUT2D eigenvalue weighted by Crippen LogP contribution is 2.01. The molecule has 1 unspecified atom stereocenters. The van der Waals surface area contributed by atoms with Crippen LogP contribution < -0.4 is 5.32 Å². The number of hydrogen-bond acceptors (Lipinski definition) is 5. The minimum Gasteiger partial charge on any atom is -0.467 e. The number of methoxy groups -OCH3 is 1. The first kappa shape index (κ1) is 13.1. The fourth-order valence-electron chi connectivity index (χ4n) is 1.24. The number of aliphatic hydroxyl groups is 1. The van der Waals surface area contributed by atoms with Crippen molar-refractivity contribution < 1.29 is 19.4 Å². The molecule has 17 heavy (non-hydrogen) atoms. The van der Waals surface area contributed by atoms with E-state index in [4.69, 9.17) is 5.11 Å². The van der Waals surface area contributed by atoms with E-state index in [0.717, 1.165) is 5.56 Å². The summed E-state index contributed by atoms with van der Waals surface area (Å²) in [5.41, 5.74) is 1.16. The third-order valence-electron chi connectivity index (χ3n) is 2.11. The molecular weight excluding hydrogens is 224 g/mol. The summed E-state index contributed by atoms with van der Waals surface area (Å²) in [7, 11) is 1.19. The van der Waals surface area contributed by atoms with E-state index in [1.165, 1.54) is 13.3 Å². The van der Waals surface area contributed by atoms with Crippen molar-refractivity contribution in [2.45, 2.75) is 13.0 Å². The number of ether oxygens (including phenoxy) is 1. The Hall–Kier alpha value is -1.95. The fourth-order valence-corrected chi connectivity index (χ4v) is 1.24. The molecule has 1 amide bonds. The molecule has 0 spiro atoms. The zero-order valence-electron chi connectivity index (χ0n) is 9.64. The first-order valence-corrected chi connectivity index (χ1v) is 4.99. The van der Waals surface area contributed by atoms with Gasteiger partial charge in [-0.25, -0.2) is 4.79 Å². The molecule has 0 aliphatic carbocycles. The van der Waals surface area contributed by atoms with Crippen LogP contribution in [0.3, 0.4) is 0 Å². The molecule has 92 valence electrons. The normalized spacial score (nSPS) is 11.7. The molecule has 0 bridgehead atoms. The van der Waals surface area contributed by atoms with Crippen molar-refractivity contribution in [3.05, 3.63) is 29.6 Å². The van der Waals surface area contributed by atoms with Crippen LogP contribution in [0.1, 0.15) is 15.9 Å². The van der Waals surface area contributed by atoms with Crippen molar-refractivity contribution in [3.63, 3.8) is 0 Å². The van der Waals surface area contributed by atoms with Crippen molar-refractivity contribution in [1.82, 2.24) is 10.3 Å². The van der Waals surface area contributed by atoms with Gasteiger partial charge in [0.25, 0.3) is 5.91 Å². The number of rotatable bonds is 4. The summed E-state index contributed by atoms with van der Waals surface area (Å²) in [4.78, 5) is 26.7. The van der Waals surface area contributed by atoms with Crippen LogP contribution in [0.15, 0.2) is 18.5 Å². The van der Waals surface area contributed by atoms with E-state index in [9.17, 15) is 9.59 Å². The van der Waals surface area contributed by atoms with Crippen LogP contribution in [0.4, 0.5) is 0 Å². The Morgan fingerprint density at radius 3 is 2.76 bits per heavy atom. The van der Waals surface area contributed by atoms with Crippen LogP contribution in [0, 0.1) is 6.92 Å². The predicted octanol–water partition coefficient (Wildman–Crippen LogP) is -0.346. The topological polar surface area (TPSA) is 88.5 Å². The maximum atomic E-state index is 11.7. The van der Waals surface area contributed by atoms with Gasteiger partial charge >= 0.3 is 5.97 Å². The number of carbonyl (C=O) groups is 2. The summed E-state index contributed by atoms with van der Waals surface area (Å²) in [5, 5.41) is 11.3. The lowest BCUT2D eigenvalue weighted by molar-refractivity contribution is -0.143. The van der Waals surface area contributed by atoms with Gasteiger partial charge in [-0.3, -0.25) is 9.78 Å². The second-order valence-electron chi connectivity index (χ2n) is 3.48. The maximum Gasteiger partial charge on any atom is 0.330 e. The van der Waals surface area contributed by atoms with Gasteiger partial charge in [0.1, 0.15) is 0 Å². The van der Waals surface area contributed by atoms with Crippen LogP contribution in [-0.2, 0) is 9.53 Å². The third kappa shape index (κ3) is 3.53. The smallest absolute Gasteiger partial charge is 0.330 e. The summed E-state index contributed by atoms with van der Waals surface area (Å²) < 4.78 is 4.43. The van der Waals surface area contributed by atoms with Gasteiger partial charge in [-0.05, 0) is 18.6 Å². The van der Waals surface area contributed by atoms with Crippen LogP contribution in [0.5, 0.6) is 0 Å². The summed E-state index contributed by atoms with van der Waals surface area (Å²) >= 11 is 0. The van der Waals surface area contributed by atoms with E-state index in [-0.39, 0.29) is 0 Å². The average molecular weight is 238 g/mol. The lowest BCUT2D eigenvalue weighted by Gasteiger charge is -2.13. The first-order chi connectivity index (χ1) is 8.08. The molecule has 0 radical (unpaired) electrons. The summed E-state index contributed by atoms with van der Waals surface area (Å²) in [6.07, 6.45) is 2.99. The fraction of sp³-hybridized carbons (Fsp3) is 0.364. The highest BCUT2D eigenvalue weighted by atomic mass is 16.5. The Bertz CT molecular complexity index is 420. The minimum absolute atomic E-state index is 0.326. The van der Waals surface area contributed by atoms with Crippen molar-refractivity contribution in [1.29, 1.82) is 0 Å². The van der Waals surface area contributed by atoms with Crippen molar-refractivity contribution in [2.75, 3.05) is 13.7 Å². The molecule has 1 aromatic rings. The van der Waals surface area contributed by atoms with Crippen LogP contribution in [0.2, 0.25) is 0 Å². The Morgan fingerprint density at radius 2 is 2.24 bits per heavy atom. The lowest BCUT2D eigenvalue weighted by Crippen LogP contribution is -2.44. The highest BCUT2D eigenvalue weighted by molar-refractivity contribution is 5.96. The van der Waals surface area contributed by atoms with E-state index in [1.54, 1.807) is 19.2 Å². The standard InChI is InChI=1S/C11H14N2O4/c1-7-3-8(5-12-4-7)10(15)13-9(6-14)11(16)17-2/h3-5,9,14H,6H2,1-2H3,(H,13,15). The molecule has 0 aliphatic rings. The van der Waals surface area contributed by atoms with Gasteiger partial charge in [0.15, 0.2) is 6.04 Å². The van der Waals surface area contributed by atoms with Crippen molar-refractivity contribution in [2.24, 2.45) is 0 Å². The molecule has 0 saturated carbocycles. The number of aromatic nitrogens is 1. The largest absolute Gasteiger partial charge is 0.467 e. The molecule has 0 aromatic carbocycles. The Balaban J connectivity index is 2.74. The lowest BCUT2D eigenvalue weighted by atomic mass is 10.2. The Labute approximate surface area is 98.6 Å². The molecule has 2 N–H and O–H groups in total. The molecule has 6 nitrogen and oxygen atoms in total. The number of nitrogens with zero attached hydrogens (tertiary/aromatic N) is 1. The van der Waals surface area contributed by atoms with Gasteiger partial charge in [-0.2, -0.15) is 0 Å². The SMILES string of the molecule is COC(=O)C(CO)NC(=O)c1cncc(C)c1. The molecule has 0 saturated heterocycles. The zero-order chi connectivity index (χ0) is 12.8. The summed E-state index contributed by atoms with van der Waals surface area (Å²) in [6, 6.07) is 0.571. The number of carbonyl (C=O) groups excluding carboxylic acids is 2. The van der Waals surface area contributed by atoms with Gasteiger partial charge in [0, 0.05) is 12.4 Å². The molecular formula is C11H14N2O4. The van der Waals surface area contributed by atoms with E-state index in [1.807, 2.05) is 0 Å². The predicted molar refractivity (Wildman–Crippen MR) is 59.3 cm³/mol. The van der Waals surface area contributed by atoms with Crippen LogP contribution in [-0.4, -0.2) is 41.7 Å². The minimum atomic E-state index is -1.06. The van der Waals surface area contributed by atoms with Gasteiger partial charge in [-0.15, -0.1) is 0 Å². The average Bonchev–Trinajstić information content (AvgIpc) is 2.34. The third-order valence-corrected chi connectivity index (χ3v) is 2.11. The van der Waals surface area contributed by atoms with Gasteiger partial charge in [0.2, 0.25) is 0 Å². The molecule has 1 aromatic heterocycles. The zero-order valence-corrected chi connectivity index (χ0v) is 9.64. The summed E-state index contributed by atoms with van der Waals surface area (Å²) in [5.74, 6) is -1.17. The Morgan fingerprint density at radius 1 is 1.53 bits per heavy atom. The van der Waals surface area contributed by atoms with Crippen molar-refractivity contribution in [3.8, 4) is 0 Å². The highest BCUT2D eigenvalue weighted by Gasteiger charge is 2.21. The molecule has 1 heterocycles. The number of pyridine rings is 1. The number of amides is 1. The second kappa shape index (κ2) is 5.95. The monoisotopic (exact) mass is 238 g/mol. The number of nitrogens with one attached hydrogen (secondary N) is 1. The molecule has 0 aliphatic heterocycles. The molecule has 0 fully saturated rings. The number of esters is 1. The number of aliphatic hydroxyl groups excluding tert-OH is 1.